The van der Waals surface area contributed by atoms with Crippen LogP contribution >= 0.6 is 11.6 Å². The number of benzene rings is 2. The number of aryl methyl sites for hydroxylation is 1. The smallest absolute Gasteiger partial charge is 0.243 e. The van der Waals surface area contributed by atoms with E-state index in [4.69, 9.17) is 16.3 Å². The van der Waals surface area contributed by atoms with Gasteiger partial charge in [0.1, 0.15) is 12.4 Å². The normalized spacial score (nSPS) is 10.6. The third kappa shape index (κ3) is 4.93. The maximum Gasteiger partial charge on any atom is 0.243 e. The van der Waals surface area contributed by atoms with Crippen LogP contribution in [0, 0.1) is 0 Å². The van der Waals surface area contributed by atoms with Crippen molar-refractivity contribution in [2.24, 2.45) is 0 Å². The molecule has 1 heterocycles. The first-order chi connectivity index (χ1) is 12.2. The second kappa shape index (κ2) is 8.48. The first-order valence-corrected chi connectivity index (χ1v) is 8.58. The number of tetrazole rings is 1. The number of hydrogen-bond donors (Lipinski definition) is 1. The number of halogens is 1. The summed E-state index contributed by atoms with van der Waals surface area (Å²) < 4.78 is 7.62. The summed E-state index contributed by atoms with van der Waals surface area (Å²) in [6, 6.07) is 15.6. The van der Waals surface area contributed by atoms with Crippen LogP contribution in [0.15, 0.2) is 48.5 Å². The zero-order chi connectivity index (χ0) is 17.5. The van der Waals surface area contributed by atoms with Gasteiger partial charge in [-0.25, -0.2) is 4.68 Å². The van der Waals surface area contributed by atoms with Crippen LogP contribution in [0.2, 0.25) is 5.02 Å². The Morgan fingerprint density at radius 2 is 1.96 bits per heavy atom. The zero-order valence-corrected chi connectivity index (χ0v) is 14.8. The Morgan fingerprint density at radius 1 is 1.12 bits per heavy atom. The highest BCUT2D eigenvalue weighted by Gasteiger charge is 2.05. The molecule has 6 nitrogen and oxygen atoms in total. The number of nitrogens with zero attached hydrogens (tertiary/aromatic N) is 4. The number of rotatable bonds is 8. The Morgan fingerprint density at radius 3 is 2.76 bits per heavy atom. The van der Waals surface area contributed by atoms with Gasteiger partial charge >= 0.3 is 0 Å². The molecule has 0 saturated carbocycles. The molecular weight excluding hydrogens is 338 g/mol. The molecule has 0 amide bonds. The van der Waals surface area contributed by atoms with Gasteiger partial charge in [-0.1, -0.05) is 47.9 Å². The van der Waals surface area contributed by atoms with E-state index in [1.165, 1.54) is 0 Å². The lowest BCUT2D eigenvalue weighted by molar-refractivity contribution is 0.306. The molecule has 25 heavy (non-hydrogen) atoms. The topological polar surface area (TPSA) is 64.9 Å². The van der Waals surface area contributed by atoms with E-state index in [-0.39, 0.29) is 0 Å². The monoisotopic (exact) mass is 357 g/mol. The van der Waals surface area contributed by atoms with Gasteiger partial charge in [0.05, 0.1) is 0 Å². The maximum atomic E-state index is 5.89. The molecule has 3 rings (SSSR count). The van der Waals surface area contributed by atoms with Crippen molar-refractivity contribution in [3.8, 4) is 5.75 Å². The Kier molecular flexibility index (Phi) is 5.85. The Labute approximate surface area is 151 Å². The summed E-state index contributed by atoms with van der Waals surface area (Å²) in [7, 11) is 0. The zero-order valence-electron chi connectivity index (χ0n) is 14.0. The highest BCUT2D eigenvalue weighted by molar-refractivity contribution is 6.30. The van der Waals surface area contributed by atoms with Crippen LogP contribution in [0.25, 0.3) is 0 Å². The Bertz CT molecular complexity index is 803. The highest BCUT2D eigenvalue weighted by Crippen LogP contribution is 2.17. The lowest BCUT2D eigenvalue weighted by Crippen LogP contribution is -2.08. The SMILES string of the molecule is CCCn1nnnc1NCc1cccc(OCc2ccc(Cl)cc2)c1. The lowest BCUT2D eigenvalue weighted by atomic mass is 10.2. The van der Waals surface area contributed by atoms with Crippen LogP contribution in [-0.2, 0) is 19.7 Å². The van der Waals surface area contributed by atoms with E-state index in [9.17, 15) is 0 Å². The van der Waals surface area contributed by atoms with Gasteiger partial charge in [0.15, 0.2) is 0 Å². The molecule has 130 valence electrons. The summed E-state index contributed by atoms with van der Waals surface area (Å²) in [6.45, 7) is 4.01. The van der Waals surface area contributed by atoms with E-state index in [1.54, 1.807) is 4.68 Å². The van der Waals surface area contributed by atoms with E-state index in [0.29, 0.717) is 19.1 Å². The lowest BCUT2D eigenvalue weighted by Gasteiger charge is -2.09. The van der Waals surface area contributed by atoms with Gasteiger partial charge in [0.25, 0.3) is 0 Å². The average Bonchev–Trinajstić information content (AvgIpc) is 3.07. The molecule has 0 atom stereocenters. The van der Waals surface area contributed by atoms with Crippen LogP contribution in [0.4, 0.5) is 5.95 Å². The molecule has 2 aromatic carbocycles. The molecule has 0 aliphatic rings. The first-order valence-electron chi connectivity index (χ1n) is 8.21. The molecule has 0 radical (unpaired) electrons. The van der Waals surface area contributed by atoms with Crippen molar-refractivity contribution in [1.29, 1.82) is 0 Å². The summed E-state index contributed by atoms with van der Waals surface area (Å²) in [4.78, 5) is 0. The molecule has 0 saturated heterocycles. The van der Waals surface area contributed by atoms with Crippen molar-refractivity contribution < 1.29 is 4.74 Å². The molecule has 1 N–H and O–H groups in total. The number of ether oxygens (including phenoxy) is 1. The third-order valence-corrected chi connectivity index (χ3v) is 3.89. The molecule has 0 spiro atoms. The number of nitrogens with one attached hydrogen (secondary N) is 1. The average molecular weight is 358 g/mol. The largest absolute Gasteiger partial charge is 0.489 e. The number of aromatic nitrogens is 4. The quantitative estimate of drug-likeness (QED) is 0.661. The van der Waals surface area contributed by atoms with E-state index in [1.807, 2.05) is 48.5 Å². The molecular formula is C18H20ClN5O. The van der Waals surface area contributed by atoms with E-state index < -0.39 is 0 Å². The first kappa shape index (κ1) is 17.2. The molecule has 7 heteroatoms. The summed E-state index contributed by atoms with van der Waals surface area (Å²) in [5.74, 6) is 1.50. The van der Waals surface area contributed by atoms with Crippen LogP contribution in [0.5, 0.6) is 5.75 Å². The van der Waals surface area contributed by atoms with Crippen LogP contribution in [-0.4, -0.2) is 20.2 Å². The Hall–Kier alpha value is -2.60. The van der Waals surface area contributed by atoms with Gasteiger partial charge in [0.2, 0.25) is 5.95 Å². The van der Waals surface area contributed by atoms with Crippen molar-refractivity contribution in [1.82, 2.24) is 20.2 Å². The summed E-state index contributed by atoms with van der Waals surface area (Å²) in [5, 5.41) is 15.7. The fourth-order valence-corrected chi connectivity index (χ4v) is 2.49. The summed E-state index contributed by atoms with van der Waals surface area (Å²) >= 11 is 5.89. The second-order valence-electron chi connectivity index (χ2n) is 5.64. The third-order valence-electron chi connectivity index (χ3n) is 3.64. The molecule has 3 aromatic rings. The van der Waals surface area contributed by atoms with Crippen molar-refractivity contribution >= 4 is 17.5 Å². The molecule has 0 bridgehead atoms. The standard InChI is InChI=1S/C18H20ClN5O/c1-2-10-24-18(21-22-23-24)20-12-15-4-3-5-17(11-15)25-13-14-6-8-16(19)9-7-14/h3-9,11H,2,10,12-13H2,1H3,(H,20,21,23). The molecule has 0 aliphatic heterocycles. The van der Waals surface area contributed by atoms with E-state index >= 15 is 0 Å². The predicted octanol–water partition coefficient (Wildman–Crippen LogP) is 3.93. The van der Waals surface area contributed by atoms with Crippen LogP contribution < -0.4 is 10.1 Å². The second-order valence-corrected chi connectivity index (χ2v) is 6.08. The van der Waals surface area contributed by atoms with Gasteiger partial charge in [-0.05, 0) is 52.2 Å². The minimum atomic E-state index is 0.503. The molecule has 0 unspecified atom stereocenters. The minimum Gasteiger partial charge on any atom is -0.489 e. The maximum absolute atomic E-state index is 5.89. The van der Waals surface area contributed by atoms with Crippen molar-refractivity contribution in [3.05, 3.63) is 64.7 Å². The van der Waals surface area contributed by atoms with Crippen LogP contribution in [0.3, 0.4) is 0 Å². The summed E-state index contributed by atoms with van der Waals surface area (Å²) in [5.41, 5.74) is 2.17. The molecule has 0 aliphatic carbocycles. The Balaban J connectivity index is 1.57. The van der Waals surface area contributed by atoms with Gasteiger partial charge in [-0.2, -0.15) is 0 Å². The molecule has 0 fully saturated rings. The van der Waals surface area contributed by atoms with Gasteiger partial charge < -0.3 is 10.1 Å². The molecule has 1 aromatic heterocycles. The predicted molar refractivity (Wildman–Crippen MR) is 97.7 cm³/mol. The van der Waals surface area contributed by atoms with Crippen molar-refractivity contribution in [2.75, 3.05) is 5.32 Å². The van der Waals surface area contributed by atoms with Crippen molar-refractivity contribution in [3.63, 3.8) is 0 Å². The van der Waals surface area contributed by atoms with Crippen molar-refractivity contribution in [2.45, 2.75) is 33.0 Å². The van der Waals surface area contributed by atoms with Gasteiger partial charge in [-0.15, -0.1) is 0 Å². The van der Waals surface area contributed by atoms with Crippen LogP contribution in [0.1, 0.15) is 24.5 Å². The van der Waals surface area contributed by atoms with Gasteiger partial charge in [0, 0.05) is 18.1 Å². The number of anilines is 1. The van der Waals surface area contributed by atoms with E-state index in [0.717, 1.165) is 34.9 Å². The minimum absolute atomic E-state index is 0.503. The van der Waals surface area contributed by atoms with Gasteiger partial charge in [-0.3, -0.25) is 0 Å². The van der Waals surface area contributed by atoms with E-state index in [2.05, 4.69) is 27.8 Å². The summed E-state index contributed by atoms with van der Waals surface area (Å²) in [6.07, 6.45) is 0.980. The fourth-order valence-electron chi connectivity index (χ4n) is 2.37. The number of hydrogen-bond acceptors (Lipinski definition) is 5. The fraction of sp³-hybridized carbons (Fsp3) is 0.278. The highest BCUT2D eigenvalue weighted by atomic mass is 35.5.